The third-order valence-corrected chi connectivity index (χ3v) is 7.48. The second-order valence-electron chi connectivity index (χ2n) is 11.3. The average molecular weight is 729 g/mol. The minimum Gasteiger partial charge on any atom is -0.490 e. The first-order chi connectivity index (χ1) is 25.8. The summed E-state index contributed by atoms with van der Waals surface area (Å²) in [4.78, 5) is 46.7. The highest BCUT2D eigenvalue weighted by atomic mass is 19.1. The largest absolute Gasteiger partial charge is 0.490 e. The average Bonchev–Trinajstić information content (AvgIpc) is 3.68. The van der Waals surface area contributed by atoms with Gasteiger partial charge in [-0.3, -0.25) is 9.59 Å². The SMILES string of the molecule is COC(=O)c1cc(OCCO)c(NC(=O)c2cc(OCc3ccccc3)c(NC(=O)Cc3cnc[nH]3)cc2OCCO)cc1OCc1ccc(F)cc1. The summed E-state index contributed by atoms with van der Waals surface area (Å²) in [5.74, 6) is -2.20. The number of amides is 2. The number of hydrogen-bond acceptors (Lipinski definition) is 11. The Morgan fingerprint density at radius 2 is 1.32 bits per heavy atom. The predicted molar refractivity (Wildman–Crippen MR) is 190 cm³/mol. The Kier molecular flexibility index (Phi) is 13.3. The van der Waals surface area contributed by atoms with Crippen LogP contribution in [0.5, 0.6) is 23.0 Å². The zero-order chi connectivity index (χ0) is 37.6. The highest BCUT2D eigenvalue weighted by Gasteiger charge is 2.24. The van der Waals surface area contributed by atoms with Crippen molar-refractivity contribution < 1.29 is 52.7 Å². The fraction of sp³-hybridized carbons (Fsp3) is 0.211. The number of H-pyrrole nitrogens is 1. The Morgan fingerprint density at radius 1 is 0.736 bits per heavy atom. The summed E-state index contributed by atoms with van der Waals surface area (Å²) < 4.78 is 41.9. The van der Waals surface area contributed by atoms with Gasteiger partial charge >= 0.3 is 5.97 Å². The zero-order valence-corrected chi connectivity index (χ0v) is 28.6. The van der Waals surface area contributed by atoms with Crippen LogP contribution in [0.15, 0.2) is 91.4 Å². The summed E-state index contributed by atoms with van der Waals surface area (Å²) in [7, 11) is 1.19. The molecule has 4 aromatic carbocycles. The summed E-state index contributed by atoms with van der Waals surface area (Å²) >= 11 is 0. The summed E-state index contributed by atoms with van der Waals surface area (Å²) in [5, 5.41) is 24.6. The van der Waals surface area contributed by atoms with E-state index in [0.29, 0.717) is 11.3 Å². The van der Waals surface area contributed by atoms with E-state index in [-0.39, 0.29) is 91.6 Å². The van der Waals surface area contributed by atoms with E-state index in [4.69, 9.17) is 23.7 Å². The molecule has 0 aliphatic heterocycles. The molecular weight excluding hydrogens is 691 g/mol. The molecule has 5 N–H and O–H groups in total. The first kappa shape index (κ1) is 37.8. The lowest BCUT2D eigenvalue weighted by Crippen LogP contribution is -2.19. The van der Waals surface area contributed by atoms with Gasteiger partial charge < -0.3 is 49.5 Å². The number of aromatic nitrogens is 2. The van der Waals surface area contributed by atoms with Crippen molar-refractivity contribution in [2.45, 2.75) is 19.6 Å². The number of carbonyl (C=O) groups is 3. The van der Waals surface area contributed by atoms with Gasteiger partial charge in [-0.05, 0) is 29.3 Å². The lowest BCUT2D eigenvalue weighted by molar-refractivity contribution is -0.115. The van der Waals surface area contributed by atoms with Crippen LogP contribution in [0.2, 0.25) is 0 Å². The second kappa shape index (κ2) is 18.7. The number of aliphatic hydroxyl groups excluding tert-OH is 2. The molecule has 5 rings (SSSR count). The third-order valence-electron chi connectivity index (χ3n) is 7.48. The third kappa shape index (κ3) is 10.5. The standard InChI is InChI=1S/C38H37FN4O10/c1-49-38(48)29-17-34(51-14-12-45)31(19-33(29)52-22-25-7-9-26(39)10-8-25)43-37(47)28-16-35(53-21-24-5-3-2-4-6-24)30(18-32(28)50-13-11-44)42-36(46)15-27-20-40-23-41-27/h2-10,16-20,23,44-45H,11-15,21-22H2,1H3,(H,40,41)(H,42,46)(H,43,47). The highest BCUT2D eigenvalue weighted by molar-refractivity contribution is 6.08. The Labute approximate surface area is 303 Å². The van der Waals surface area contributed by atoms with Crippen LogP contribution in [-0.2, 0) is 29.2 Å². The molecule has 0 saturated carbocycles. The van der Waals surface area contributed by atoms with Gasteiger partial charge in [0.1, 0.15) is 60.8 Å². The molecule has 2 amide bonds. The van der Waals surface area contributed by atoms with E-state index in [2.05, 4.69) is 20.6 Å². The van der Waals surface area contributed by atoms with Crippen LogP contribution >= 0.6 is 0 Å². The molecule has 0 spiro atoms. The first-order valence-corrected chi connectivity index (χ1v) is 16.3. The number of halogens is 1. The van der Waals surface area contributed by atoms with Gasteiger partial charge in [-0.1, -0.05) is 42.5 Å². The first-order valence-electron chi connectivity index (χ1n) is 16.3. The second-order valence-corrected chi connectivity index (χ2v) is 11.3. The van der Waals surface area contributed by atoms with Crippen LogP contribution in [0.4, 0.5) is 15.8 Å². The topological polar surface area (TPSA) is 191 Å². The van der Waals surface area contributed by atoms with E-state index in [1.54, 1.807) is 0 Å². The van der Waals surface area contributed by atoms with Gasteiger partial charge in [0.25, 0.3) is 5.91 Å². The van der Waals surface area contributed by atoms with Crippen molar-refractivity contribution in [3.8, 4) is 23.0 Å². The van der Waals surface area contributed by atoms with E-state index in [1.807, 2.05) is 30.3 Å². The zero-order valence-electron chi connectivity index (χ0n) is 28.6. The number of esters is 1. The molecule has 1 aromatic heterocycles. The summed E-state index contributed by atoms with van der Waals surface area (Å²) in [6, 6.07) is 20.3. The molecule has 53 heavy (non-hydrogen) atoms. The number of ether oxygens (including phenoxy) is 5. The number of methoxy groups -OCH3 is 1. The van der Waals surface area contributed by atoms with Gasteiger partial charge in [0.15, 0.2) is 0 Å². The van der Waals surface area contributed by atoms with Gasteiger partial charge in [-0.25, -0.2) is 14.2 Å². The van der Waals surface area contributed by atoms with E-state index in [1.165, 1.54) is 68.2 Å². The Hall–Kier alpha value is -6.45. The molecular formula is C38H37FN4O10. The number of aliphatic hydroxyl groups is 2. The maximum atomic E-state index is 14.1. The lowest BCUT2D eigenvalue weighted by atomic mass is 10.1. The van der Waals surface area contributed by atoms with Crippen molar-refractivity contribution in [3.63, 3.8) is 0 Å². The van der Waals surface area contributed by atoms with Crippen molar-refractivity contribution >= 4 is 29.2 Å². The number of anilines is 2. The van der Waals surface area contributed by atoms with E-state index >= 15 is 0 Å². The molecule has 14 nitrogen and oxygen atoms in total. The van der Waals surface area contributed by atoms with Crippen LogP contribution in [0.3, 0.4) is 0 Å². The van der Waals surface area contributed by atoms with Crippen LogP contribution < -0.4 is 29.6 Å². The van der Waals surface area contributed by atoms with Crippen molar-refractivity contribution in [2.24, 2.45) is 0 Å². The van der Waals surface area contributed by atoms with Gasteiger partial charge in [-0.15, -0.1) is 0 Å². The number of rotatable bonds is 18. The fourth-order valence-electron chi connectivity index (χ4n) is 4.97. The monoisotopic (exact) mass is 728 g/mol. The lowest BCUT2D eigenvalue weighted by Gasteiger charge is -2.20. The van der Waals surface area contributed by atoms with Crippen molar-refractivity contribution in [1.29, 1.82) is 0 Å². The number of nitrogens with zero attached hydrogens (tertiary/aromatic N) is 1. The molecule has 276 valence electrons. The maximum Gasteiger partial charge on any atom is 0.341 e. The van der Waals surface area contributed by atoms with Gasteiger partial charge in [0, 0.05) is 30.1 Å². The van der Waals surface area contributed by atoms with Crippen LogP contribution in [0, 0.1) is 5.82 Å². The summed E-state index contributed by atoms with van der Waals surface area (Å²) in [6.45, 7) is -1.11. The number of hydrogen-bond donors (Lipinski definition) is 5. The Balaban J connectivity index is 1.52. The normalized spacial score (nSPS) is 10.6. The molecule has 0 radical (unpaired) electrons. The number of imidazole rings is 1. The van der Waals surface area contributed by atoms with Crippen molar-refractivity contribution in [1.82, 2.24) is 9.97 Å². The van der Waals surface area contributed by atoms with E-state index in [0.717, 1.165) is 5.56 Å². The molecule has 0 aliphatic carbocycles. The summed E-state index contributed by atoms with van der Waals surface area (Å²) in [5.41, 5.74) is 2.13. The Morgan fingerprint density at radius 3 is 1.96 bits per heavy atom. The molecule has 0 unspecified atom stereocenters. The summed E-state index contributed by atoms with van der Waals surface area (Å²) in [6.07, 6.45) is 2.94. The molecule has 1 heterocycles. The number of aromatic amines is 1. The van der Waals surface area contributed by atoms with Crippen LogP contribution in [0.1, 0.15) is 37.5 Å². The molecule has 0 fully saturated rings. The molecule has 0 bridgehead atoms. The fourth-order valence-corrected chi connectivity index (χ4v) is 4.97. The molecule has 0 saturated heterocycles. The van der Waals surface area contributed by atoms with Gasteiger partial charge in [0.2, 0.25) is 5.91 Å². The van der Waals surface area contributed by atoms with Crippen LogP contribution in [-0.4, -0.2) is 71.5 Å². The quantitative estimate of drug-likeness (QED) is 0.0789. The van der Waals surface area contributed by atoms with Crippen molar-refractivity contribution in [3.05, 3.63) is 125 Å². The Bertz CT molecular complexity index is 1990. The van der Waals surface area contributed by atoms with E-state index in [9.17, 15) is 29.0 Å². The molecule has 15 heteroatoms. The molecule has 0 aliphatic rings. The minimum absolute atomic E-state index is 0.00255. The predicted octanol–water partition coefficient (Wildman–Crippen LogP) is 4.67. The number of nitrogens with one attached hydrogen (secondary N) is 3. The highest BCUT2D eigenvalue weighted by Crippen LogP contribution is 2.38. The minimum atomic E-state index is -0.768. The number of carbonyl (C=O) groups excluding carboxylic acids is 3. The maximum absolute atomic E-state index is 14.1. The van der Waals surface area contributed by atoms with E-state index < -0.39 is 23.6 Å². The van der Waals surface area contributed by atoms with Crippen molar-refractivity contribution in [2.75, 3.05) is 44.2 Å². The van der Waals surface area contributed by atoms with Gasteiger partial charge in [-0.2, -0.15) is 0 Å². The van der Waals surface area contributed by atoms with Crippen LogP contribution in [0.25, 0.3) is 0 Å². The molecule has 0 atom stereocenters. The molecule has 5 aromatic rings. The van der Waals surface area contributed by atoms with Gasteiger partial charge in [0.05, 0.1) is 50.0 Å². The number of benzene rings is 4. The smallest absolute Gasteiger partial charge is 0.341 e.